The number of nitrogens with two attached hydrogens (primary N) is 1. The van der Waals surface area contributed by atoms with E-state index in [-0.39, 0.29) is 0 Å². The third kappa shape index (κ3) is 3.91. The Morgan fingerprint density at radius 2 is 2.10 bits per heavy atom. The molecular weight excluding hydrogens is 320 g/mol. The minimum atomic E-state index is 0.352. The van der Waals surface area contributed by atoms with E-state index < -0.39 is 0 Å². The lowest BCUT2D eigenvalue weighted by molar-refractivity contribution is 0.128. The fourth-order valence-corrected chi connectivity index (χ4v) is 2.29. The highest BCUT2D eigenvalue weighted by Gasteiger charge is 2.05. The Morgan fingerprint density at radius 3 is 2.80 bits per heavy atom. The van der Waals surface area contributed by atoms with Crippen molar-refractivity contribution in [3.8, 4) is 0 Å². The lowest BCUT2D eigenvalue weighted by Gasteiger charge is -2.10. The predicted molar refractivity (Wildman–Crippen MR) is 83.9 cm³/mol. The van der Waals surface area contributed by atoms with Crippen LogP contribution in [0.2, 0.25) is 0 Å². The summed E-state index contributed by atoms with van der Waals surface area (Å²) in [7, 11) is 0. The zero-order chi connectivity index (χ0) is 14.5. The maximum Gasteiger partial charge on any atom is 0.158 e. The average Bonchev–Trinajstić information content (AvgIpc) is 2.39. The number of hydrogen-bond acceptors (Lipinski definition) is 5. The summed E-state index contributed by atoms with van der Waals surface area (Å²) < 4.78 is 6.27. The smallest absolute Gasteiger partial charge is 0.158 e. The van der Waals surface area contributed by atoms with Gasteiger partial charge in [0.1, 0.15) is 18.2 Å². The van der Waals surface area contributed by atoms with Crippen molar-refractivity contribution in [2.45, 2.75) is 20.5 Å². The number of halogens is 1. The van der Waals surface area contributed by atoms with E-state index in [9.17, 15) is 0 Å². The van der Waals surface area contributed by atoms with E-state index in [4.69, 9.17) is 10.5 Å². The SMILES string of the molecule is CCOCc1nc(N)cc(Nc2ccc(C)cc2Br)n1. The molecule has 0 aliphatic carbocycles. The molecule has 0 amide bonds. The van der Waals surface area contributed by atoms with E-state index in [2.05, 4.69) is 31.2 Å². The number of nitrogen functional groups attached to an aromatic ring is 1. The number of rotatable bonds is 5. The standard InChI is InChI=1S/C14H17BrN4O/c1-3-20-8-14-18-12(16)7-13(19-14)17-11-5-4-9(2)6-10(11)15/h4-7H,3,8H2,1-2H3,(H3,16,17,18,19). The number of benzene rings is 1. The summed E-state index contributed by atoms with van der Waals surface area (Å²) in [5, 5.41) is 3.22. The molecule has 0 aliphatic heterocycles. The first kappa shape index (κ1) is 14.7. The average molecular weight is 337 g/mol. The summed E-state index contributed by atoms with van der Waals surface area (Å²) in [5.74, 6) is 1.63. The Labute approximate surface area is 126 Å². The molecule has 0 saturated carbocycles. The van der Waals surface area contributed by atoms with Gasteiger partial charge in [0.2, 0.25) is 0 Å². The van der Waals surface area contributed by atoms with Gasteiger partial charge in [0.05, 0.1) is 5.69 Å². The van der Waals surface area contributed by atoms with E-state index in [0.717, 1.165) is 10.2 Å². The second-order valence-electron chi connectivity index (χ2n) is 4.34. The molecule has 106 valence electrons. The largest absolute Gasteiger partial charge is 0.384 e. The zero-order valence-electron chi connectivity index (χ0n) is 11.5. The minimum Gasteiger partial charge on any atom is -0.384 e. The molecule has 0 atom stereocenters. The molecule has 5 nitrogen and oxygen atoms in total. The van der Waals surface area contributed by atoms with Crippen LogP contribution in [0.1, 0.15) is 18.3 Å². The highest BCUT2D eigenvalue weighted by molar-refractivity contribution is 9.10. The first-order chi connectivity index (χ1) is 9.58. The Balaban J connectivity index is 2.21. The van der Waals surface area contributed by atoms with Crippen molar-refractivity contribution in [2.75, 3.05) is 17.7 Å². The fraction of sp³-hybridized carbons (Fsp3) is 0.286. The molecular formula is C14H17BrN4O. The molecule has 0 bridgehead atoms. The molecule has 0 fully saturated rings. The van der Waals surface area contributed by atoms with Crippen molar-refractivity contribution in [1.29, 1.82) is 0 Å². The van der Waals surface area contributed by atoms with Crippen molar-refractivity contribution < 1.29 is 4.74 Å². The second-order valence-corrected chi connectivity index (χ2v) is 5.19. The summed E-state index contributed by atoms with van der Waals surface area (Å²) in [6.07, 6.45) is 0. The van der Waals surface area contributed by atoms with Crippen LogP contribution in [-0.2, 0) is 11.3 Å². The number of aromatic nitrogens is 2. The number of anilines is 3. The summed E-state index contributed by atoms with van der Waals surface area (Å²) in [4.78, 5) is 8.52. The maximum absolute atomic E-state index is 5.79. The number of hydrogen-bond donors (Lipinski definition) is 2. The van der Waals surface area contributed by atoms with Crippen LogP contribution >= 0.6 is 15.9 Å². The van der Waals surface area contributed by atoms with Gasteiger partial charge in [-0.25, -0.2) is 9.97 Å². The van der Waals surface area contributed by atoms with Crippen LogP contribution in [0.25, 0.3) is 0 Å². The van der Waals surface area contributed by atoms with Crippen LogP contribution in [0.4, 0.5) is 17.3 Å². The topological polar surface area (TPSA) is 73.1 Å². The van der Waals surface area contributed by atoms with Gasteiger partial charge >= 0.3 is 0 Å². The Bertz CT molecular complexity index is 604. The van der Waals surface area contributed by atoms with E-state index >= 15 is 0 Å². The third-order valence-corrected chi connectivity index (χ3v) is 3.27. The van der Waals surface area contributed by atoms with Crippen LogP contribution in [0.3, 0.4) is 0 Å². The molecule has 1 heterocycles. The van der Waals surface area contributed by atoms with Gasteiger partial charge in [-0.3, -0.25) is 0 Å². The molecule has 0 saturated heterocycles. The molecule has 2 rings (SSSR count). The second kappa shape index (κ2) is 6.67. The van der Waals surface area contributed by atoms with Gasteiger partial charge in [-0.05, 0) is 47.5 Å². The molecule has 0 unspecified atom stereocenters. The lowest BCUT2D eigenvalue weighted by Crippen LogP contribution is -2.05. The van der Waals surface area contributed by atoms with Crippen LogP contribution < -0.4 is 11.1 Å². The van der Waals surface area contributed by atoms with Gasteiger partial charge in [0.25, 0.3) is 0 Å². The van der Waals surface area contributed by atoms with Crippen molar-refractivity contribution in [3.63, 3.8) is 0 Å². The maximum atomic E-state index is 5.79. The summed E-state index contributed by atoms with van der Waals surface area (Å²) in [6.45, 7) is 4.93. The molecule has 2 aromatic rings. The molecule has 1 aromatic heterocycles. The van der Waals surface area contributed by atoms with Gasteiger partial charge < -0.3 is 15.8 Å². The van der Waals surface area contributed by atoms with E-state index in [1.165, 1.54) is 5.56 Å². The third-order valence-electron chi connectivity index (χ3n) is 2.61. The van der Waals surface area contributed by atoms with E-state index in [0.29, 0.717) is 30.7 Å². The molecule has 6 heteroatoms. The number of aryl methyl sites for hydroxylation is 1. The highest BCUT2D eigenvalue weighted by Crippen LogP contribution is 2.26. The summed E-state index contributed by atoms with van der Waals surface area (Å²) in [6, 6.07) is 7.74. The Morgan fingerprint density at radius 1 is 1.30 bits per heavy atom. The van der Waals surface area contributed by atoms with Gasteiger partial charge in [-0.15, -0.1) is 0 Å². The van der Waals surface area contributed by atoms with E-state index in [1.807, 2.05) is 32.0 Å². The van der Waals surface area contributed by atoms with Crippen molar-refractivity contribution in [1.82, 2.24) is 9.97 Å². The van der Waals surface area contributed by atoms with Gasteiger partial charge in [-0.2, -0.15) is 0 Å². The highest BCUT2D eigenvalue weighted by atomic mass is 79.9. The first-order valence-electron chi connectivity index (χ1n) is 6.33. The van der Waals surface area contributed by atoms with Gasteiger partial charge in [0, 0.05) is 17.1 Å². The quantitative estimate of drug-likeness (QED) is 0.875. The Hall–Kier alpha value is -1.66. The van der Waals surface area contributed by atoms with Crippen LogP contribution in [0.5, 0.6) is 0 Å². The first-order valence-corrected chi connectivity index (χ1v) is 7.12. The fourth-order valence-electron chi connectivity index (χ4n) is 1.70. The molecule has 0 spiro atoms. The van der Waals surface area contributed by atoms with E-state index in [1.54, 1.807) is 6.07 Å². The number of nitrogens with one attached hydrogen (secondary N) is 1. The van der Waals surface area contributed by atoms with Crippen LogP contribution in [0, 0.1) is 6.92 Å². The van der Waals surface area contributed by atoms with Crippen molar-refractivity contribution >= 4 is 33.3 Å². The molecule has 1 aromatic carbocycles. The Kier molecular flexibility index (Phi) is 4.92. The van der Waals surface area contributed by atoms with Gasteiger partial charge in [-0.1, -0.05) is 6.07 Å². The van der Waals surface area contributed by atoms with Crippen molar-refractivity contribution in [2.24, 2.45) is 0 Å². The number of nitrogens with zero attached hydrogens (tertiary/aromatic N) is 2. The van der Waals surface area contributed by atoms with Gasteiger partial charge in [0.15, 0.2) is 5.82 Å². The summed E-state index contributed by atoms with van der Waals surface area (Å²) >= 11 is 3.52. The lowest BCUT2D eigenvalue weighted by atomic mass is 10.2. The number of ether oxygens (including phenoxy) is 1. The molecule has 3 N–H and O–H groups in total. The zero-order valence-corrected chi connectivity index (χ0v) is 13.1. The molecule has 0 aliphatic rings. The monoisotopic (exact) mass is 336 g/mol. The summed E-state index contributed by atoms with van der Waals surface area (Å²) in [5.41, 5.74) is 7.90. The normalized spacial score (nSPS) is 10.6. The predicted octanol–water partition coefficient (Wildman–Crippen LogP) is 3.41. The minimum absolute atomic E-state index is 0.352. The van der Waals surface area contributed by atoms with Crippen molar-refractivity contribution in [3.05, 3.63) is 40.1 Å². The molecule has 0 radical (unpaired) electrons. The molecule has 20 heavy (non-hydrogen) atoms. The van der Waals surface area contributed by atoms with Crippen LogP contribution in [0.15, 0.2) is 28.7 Å². The van der Waals surface area contributed by atoms with Crippen LogP contribution in [-0.4, -0.2) is 16.6 Å².